The molecule has 0 atom stereocenters. The van der Waals surface area contributed by atoms with E-state index in [0.29, 0.717) is 24.6 Å². The maximum absolute atomic E-state index is 6.36. The van der Waals surface area contributed by atoms with E-state index in [9.17, 15) is 0 Å². The molecule has 3 rings (SSSR count). The fraction of sp³-hybridized carbons (Fsp3) is 0.125. The summed E-state index contributed by atoms with van der Waals surface area (Å²) in [5, 5.41) is 0. The second-order valence-corrected chi connectivity index (χ2v) is 8.65. The van der Waals surface area contributed by atoms with Crippen LogP contribution in [-0.4, -0.2) is 41.5 Å². The molecule has 4 nitrogen and oxygen atoms in total. The molecule has 0 saturated carbocycles. The maximum atomic E-state index is 6.36. The van der Waals surface area contributed by atoms with Gasteiger partial charge < -0.3 is 0 Å². The van der Waals surface area contributed by atoms with Crippen LogP contribution in [-0.2, 0) is 0 Å². The number of hydrogen-bond acceptors (Lipinski definition) is 4. The van der Waals surface area contributed by atoms with Crippen LogP contribution < -0.4 is 7.06 Å². The van der Waals surface area contributed by atoms with Gasteiger partial charge in [-0.15, -0.1) is 0 Å². The normalized spacial score (nSPS) is 14.5. The number of aliphatic imine (C=N–C) groups is 2. The van der Waals surface area contributed by atoms with Crippen molar-refractivity contribution in [3.63, 3.8) is 0 Å². The molecule has 0 radical (unpaired) electrons. The van der Waals surface area contributed by atoms with Gasteiger partial charge in [-0.05, 0) is 0 Å². The van der Waals surface area contributed by atoms with Gasteiger partial charge in [0.15, 0.2) is 0 Å². The van der Waals surface area contributed by atoms with E-state index in [1.807, 2.05) is 48.5 Å². The monoisotopic (exact) mass is 370 g/mol. The standard InChI is InChI=1S/C16H16N2O2.ClH.Ga/c19-15-7-3-1-5-13(15)11-17-9-10-18-12-14-6-2-4-8-16(14)20;;/h1-8,11-12,19-20H,9-10H2;1H;/q;;+3/p-3. The van der Waals surface area contributed by atoms with Gasteiger partial charge in [-0.2, -0.15) is 0 Å². The van der Waals surface area contributed by atoms with Crippen molar-refractivity contribution in [3.8, 4) is 11.5 Å². The molecule has 2 aromatic rings. The Balaban J connectivity index is 1.93. The Morgan fingerprint density at radius 1 is 0.773 bits per heavy atom. The molecule has 0 N–H and O–H groups in total. The van der Waals surface area contributed by atoms with Crippen LogP contribution in [0, 0.1) is 0 Å². The van der Waals surface area contributed by atoms with E-state index in [2.05, 4.69) is 9.98 Å². The van der Waals surface area contributed by atoms with E-state index in [1.165, 1.54) is 0 Å². The summed E-state index contributed by atoms with van der Waals surface area (Å²) in [6.45, 7) is 1.25. The predicted molar refractivity (Wildman–Crippen MR) is 90.7 cm³/mol. The van der Waals surface area contributed by atoms with Gasteiger partial charge in [0.1, 0.15) is 0 Å². The first kappa shape index (κ1) is 15.2. The van der Waals surface area contributed by atoms with Crippen molar-refractivity contribution >= 4 is 38.0 Å². The molecule has 0 spiro atoms. The Morgan fingerprint density at radius 2 is 1.23 bits per heavy atom. The molecule has 1 aliphatic rings. The summed E-state index contributed by atoms with van der Waals surface area (Å²) in [6.07, 6.45) is 3.59. The summed E-state index contributed by atoms with van der Waals surface area (Å²) in [4.78, 5) is 8.75. The Kier molecular flexibility index (Phi) is 5.21. The van der Waals surface area contributed by atoms with Crippen molar-refractivity contribution in [1.82, 2.24) is 0 Å². The molecule has 1 heterocycles. The van der Waals surface area contributed by atoms with Crippen LogP contribution in [0.2, 0.25) is 0 Å². The van der Waals surface area contributed by atoms with Gasteiger partial charge in [0, 0.05) is 0 Å². The minimum atomic E-state index is -2.90. The molecular formula is C16H14ClGaN2O2. The zero-order valence-corrected chi connectivity index (χ0v) is 15.0. The summed E-state index contributed by atoms with van der Waals surface area (Å²) >= 11 is -2.90. The number of rotatable bonds is 0. The molecule has 0 fully saturated rings. The van der Waals surface area contributed by atoms with Gasteiger partial charge in [0.25, 0.3) is 0 Å². The second kappa shape index (κ2) is 7.53. The molecule has 1 aliphatic heterocycles. The van der Waals surface area contributed by atoms with Gasteiger partial charge in [-0.25, -0.2) is 0 Å². The van der Waals surface area contributed by atoms with E-state index >= 15 is 0 Å². The number of benzene rings is 2. The molecule has 110 valence electrons. The number of nitrogens with zero attached hydrogens (tertiary/aromatic N) is 2. The first-order valence-electron chi connectivity index (χ1n) is 6.98. The fourth-order valence-electron chi connectivity index (χ4n) is 2.05. The van der Waals surface area contributed by atoms with Gasteiger partial charge in [0.05, 0.1) is 0 Å². The van der Waals surface area contributed by atoms with Crippen molar-refractivity contribution in [3.05, 3.63) is 59.7 Å². The molecule has 0 bridgehead atoms. The Morgan fingerprint density at radius 3 is 1.73 bits per heavy atom. The molecular weight excluding hydrogens is 357 g/mol. The quantitative estimate of drug-likeness (QED) is 0.668. The third-order valence-corrected chi connectivity index (χ3v) is 5.87. The zero-order chi connectivity index (χ0) is 15.2. The SMILES string of the molecule is [Cl][Ga]1[O]c2ccccc2C=NCCN=Cc2ccccc2[O]1. The third kappa shape index (κ3) is 3.94. The molecule has 0 amide bonds. The molecule has 0 aliphatic carbocycles. The van der Waals surface area contributed by atoms with Crippen molar-refractivity contribution in [1.29, 1.82) is 0 Å². The number of fused-ring (bicyclic) bond motifs is 2. The van der Waals surface area contributed by atoms with Crippen LogP contribution in [0.1, 0.15) is 11.1 Å². The van der Waals surface area contributed by atoms with Crippen LogP contribution in [0.25, 0.3) is 0 Å². The van der Waals surface area contributed by atoms with Crippen molar-refractivity contribution in [2.45, 2.75) is 0 Å². The van der Waals surface area contributed by atoms with Crippen molar-refractivity contribution < 1.29 is 7.06 Å². The predicted octanol–water partition coefficient (Wildman–Crippen LogP) is 3.22. The van der Waals surface area contributed by atoms with Crippen molar-refractivity contribution in [2.24, 2.45) is 9.98 Å². The van der Waals surface area contributed by atoms with Crippen LogP contribution in [0.15, 0.2) is 58.5 Å². The van der Waals surface area contributed by atoms with E-state index in [0.717, 1.165) is 11.1 Å². The topological polar surface area (TPSA) is 43.2 Å². The van der Waals surface area contributed by atoms with Gasteiger partial charge in [-0.1, -0.05) is 0 Å². The molecule has 0 unspecified atom stereocenters. The summed E-state index contributed by atoms with van der Waals surface area (Å²) in [5.41, 5.74) is 1.80. The molecule has 0 saturated heterocycles. The van der Waals surface area contributed by atoms with Crippen LogP contribution in [0.4, 0.5) is 0 Å². The summed E-state index contributed by atoms with van der Waals surface area (Å²) in [7, 11) is 6.36. The molecule has 2 aromatic carbocycles. The van der Waals surface area contributed by atoms with Crippen molar-refractivity contribution in [2.75, 3.05) is 13.1 Å². The number of para-hydroxylation sites is 2. The Labute approximate surface area is 139 Å². The van der Waals surface area contributed by atoms with E-state index in [4.69, 9.17) is 16.7 Å². The number of halogens is 1. The second-order valence-electron chi connectivity index (χ2n) is 4.66. The molecule has 22 heavy (non-hydrogen) atoms. The first-order valence-corrected chi connectivity index (χ1v) is 12.1. The average Bonchev–Trinajstić information content (AvgIpc) is 2.54. The van der Waals surface area contributed by atoms with Crippen LogP contribution in [0.3, 0.4) is 0 Å². The van der Waals surface area contributed by atoms with Gasteiger partial charge in [-0.3, -0.25) is 0 Å². The molecule has 0 aromatic heterocycles. The van der Waals surface area contributed by atoms with Crippen LogP contribution >= 0.6 is 9.64 Å². The summed E-state index contributed by atoms with van der Waals surface area (Å²) < 4.78 is 11.7. The first-order chi connectivity index (χ1) is 10.8. The Bertz CT molecular complexity index is 647. The zero-order valence-electron chi connectivity index (χ0n) is 11.9. The summed E-state index contributed by atoms with van der Waals surface area (Å²) in [5.74, 6) is 1.42. The average molecular weight is 371 g/mol. The minimum absolute atomic E-state index is 0.625. The van der Waals surface area contributed by atoms with E-state index in [1.54, 1.807) is 12.4 Å². The third-order valence-electron chi connectivity index (χ3n) is 3.10. The van der Waals surface area contributed by atoms with E-state index in [-0.39, 0.29) is 0 Å². The van der Waals surface area contributed by atoms with Gasteiger partial charge >= 0.3 is 139 Å². The molecule has 6 heteroatoms. The van der Waals surface area contributed by atoms with Crippen LogP contribution in [0.5, 0.6) is 11.5 Å². The fourth-order valence-corrected chi connectivity index (χ4v) is 4.89. The van der Waals surface area contributed by atoms with E-state index < -0.39 is 15.9 Å². The number of hydrogen-bond donors (Lipinski definition) is 0. The Hall–Kier alpha value is -1.69. The van der Waals surface area contributed by atoms with Gasteiger partial charge in [0.2, 0.25) is 0 Å². The summed E-state index contributed by atoms with van der Waals surface area (Å²) in [6, 6.07) is 15.4.